The second-order valence-electron chi connectivity index (χ2n) is 3.28. The molecule has 0 atom stereocenters. The van der Waals surface area contributed by atoms with Crippen molar-refractivity contribution in [2.75, 3.05) is 25.5 Å². The second-order valence-corrected chi connectivity index (χ2v) is 3.28. The maximum atomic E-state index is 11.4. The van der Waals surface area contributed by atoms with E-state index >= 15 is 0 Å². The molecule has 0 aliphatic carbocycles. The zero-order chi connectivity index (χ0) is 11.3. The van der Waals surface area contributed by atoms with E-state index in [1.54, 1.807) is 18.1 Å². The highest BCUT2D eigenvalue weighted by Gasteiger charge is 2.06. The molecule has 0 bridgehead atoms. The Balaban J connectivity index is 2.47. The number of rotatable bonds is 4. The van der Waals surface area contributed by atoms with Crippen LogP contribution in [0.2, 0.25) is 0 Å². The Kier molecular flexibility index (Phi) is 4.03. The molecule has 0 radical (unpaired) electrons. The average Bonchev–Trinajstić information content (AvgIpc) is 2.25. The van der Waals surface area contributed by atoms with Crippen LogP contribution in [0.5, 0.6) is 0 Å². The first kappa shape index (κ1) is 11.4. The van der Waals surface area contributed by atoms with Crippen LogP contribution in [-0.4, -0.2) is 40.9 Å². The van der Waals surface area contributed by atoms with Gasteiger partial charge in [-0.05, 0) is 19.9 Å². The quantitative estimate of drug-likeness (QED) is 0.790. The van der Waals surface area contributed by atoms with E-state index in [2.05, 4.69) is 15.3 Å². The summed E-state index contributed by atoms with van der Waals surface area (Å²) in [6.07, 6.45) is 1.67. The summed E-state index contributed by atoms with van der Waals surface area (Å²) in [7, 11) is 1.76. The normalized spacial score (nSPS) is 9.80. The van der Waals surface area contributed by atoms with Gasteiger partial charge in [-0.1, -0.05) is 0 Å². The monoisotopic (exact) mass is 208 g/mol. The van der Waals surface area contributed by atoms with Crippen molar-refractivity contribution in [3.8, 4) is 0 Å². The number of carbonyl (C=O) groups excluding carboxylic acids is 1. The summed E-state index contributed by atoms with van der Waals surface area (Å²) < 4.78 is 0. The van der Waals surface area contributed by atoms with E-state index in [1.165, 1.54) is 0 Å². The number of anilines is 1. The Morgan fingerprint density at radius 2 is 2.33 bits per heavy atom. The molecule has 1 aromatic heterocycles. The van der Waals surface area contributed by atoms with Gasteiger partial charge >= 0.3 is 0 Å². The van der Waals surface area contributed by atoms with E-state index in [0.717, 1.165) is 5.69 Å². The minimum atomic E-state index is 0.0302. The molecule has 5 nitrogen and oxygen atoms in total. The molecule has 0 aromatic carbocycles. The molecule has 1 rings (SSSR count). The Morgan fingerprint density at radius 3 is 2.93 bits per heavy atom. The summed E-state index contributed by atoms with van der Waals surface area (Å²) in [5, 5.41) is 2.89. The van der Waals surface area contributed by atoms with E-state index < -0.39 is 0 Å². The number of aryl methyl sites for hydroxylation is 1. The van der Waals surface area contributed by atoms with Gasteiger partial charge in [0.05, 0.1) is 6.54 Å². The molecule has 0 aliphatic heterocycles. The Hall–Kier alpha value is -1.65. The number of nitrogens with one attached hydrogen (secondary N) is 1. The number of likely N-dealkylation sites (N-methyl/N-ethyl adjacent to an activating group) is 1. The lowest BCUT2D eigenvalue weighted by molar-refractivity contribution is -0.127. The molecule has 1 aromatic rings. The summed E-state index contributed by atoms with van der Waals surface area (Å²) in [6.45, 7) is 4.75. The first-order valence-corrected chi connectivity index (χ1v) is 4.91. The predicted molar refractivity (Wildman–Crippen MR) is 58.6 cm³/mol. The third-order valence-corrected chi connectivity index (χ3v) is 2.09. The summed E-state index contributed by atoms with van der Waals surface area (Å²) in [4.78, 5) is 21.2. The lowest BCUT2D eigenvalue weighted by Crippen LogP contribution is -2.32. The first-order chi connectivity index (χ1) is 7.13. The number of amides is 1. The van der Waals surface area contributed by atoms with Crippen molar-refractivity contribution < 1.29 is 4.79 Å². The molecule has 1 heterocycles. The number of hydrogen-bond donors (Lipinski definition) is 1. The van der Waals surface area contributed by atoms with Crippen LogP contribution in [0, 0.1) is 6.92 Å². The molecule has 0 aliphatic rings. The van der Waals surface area contributed by atoms with E-state index in [9.17, 15) is 4.79 Å². The molecule has 0 fully saturated rings. The number of aromatic nitrogens is 2. The van der Waals surface area contributed by atoms with Gasteiger partial charge in [0, 0.05) is 25.5 Å². The summed E-state index contributed by atoms with van der Waals surface area (Å²) in [6, 6.07) is 1.81. The minimum absolute atomic E-state index is 0.0302. The lowest BCUT2D eigenvalue weighted by Gasteiger charge is -2.14. The van der Waals surface area contributed by atoms with Crippen molar-refractivity contribution >= 4 is 11.9 Å². The fourth-order valence-corrected chi connectivity index (χ4v) is 1.00. The molecule has 0 unspecified atom stereocenters. The molecule has 15 heavy (non-hydrogen) atoms. The van der Waals surface area contributed by atoms with Gasteiger partial charge in [-0.3, -0.25) is 4.79 Å². The predicted octanol–water partition coefficient (Wildman–Crippen LogP) is 0.675. The maximum absolute atomic E-state index is 11.4. The van der Waals surface area contributed by atoms with Crippen LogP contribution in [0.1, 0.15) is 12.6 Å². The highest BCUT2D eigenvalue weighted by atomic mass is 16.2. The molecule has 0 saturated carbocycles. The van der Waals surface area contributed by atoms with Crippen molar-refractivity contribution in [2.45, 2.75) is 13.8 Å². The third-order valence-electron chi connectivity index (χ3n) is 2.09. The number of hydrogen-bond acceptors (Lipinski definition) is 4. The summed E-state index contributed by atoms with van der Waals surface area (Å²) in [5.41, 5.74) is 0.879. The second kappa shape index (κ2) is 5.29. The summed E-state index contributed by atoms with van der Waals surface area (Å²) >= 11 is 0. The Bertz CT molecular complexity index is 340. The van der Waals surface area contributed by atoms with Gasteiger partial charge in [0.2, 0.25) is 11.9 Å². The fraction of sp³-hybridized carbons (Fsp3) is 0.500. The first-order valence-electron chi connectivity index (χ1n) is 4.91. The van der Waals surface area contributed by atoms with Gasteiger partial charge in [0.1, 0.15) is 0 Å². The van der Waals surface area contributed by atoms with Crippen molar-refractivity contribution in [3.63, 3.8) is 0 Å². The van der Waals surface area contributed by atoms with E-state index in [1.807, 2.05) is 19.9 Å². The number of nitrogens with zero attached hydrogens (tertiary/aromatic N) is 3. The molecule has 82 valence electrons. The van der Waals surface area contributed by atoms with Crippen LogP contribution in [-0.2, 0) is 4.79 Å². The zero-order valence-corrected chi connectivity index (χ0v) is 9.32. The SMILES string of the molecule is CCN(C)C(=O)CNc1nccc(C)n1. The molecule has 1 N–H and O–H groups in total. The van der Waals surface area contributed by atoms with Gasteiger partial charge in [-0.2, -0.15) is 0 Å². The molecular weight excluding hydrogens is 192 g/mol. The Morgan fingerprint density at radius 1 is 1.60 bits per heavy atom. The lowest BCUT2D eigenvalue weighted by atomic mass is 10.4. The van der Waals surface area contributed by atoms with Crippen LogP contribution in [0.4, 0.5) is 5.95 Å². The van der Waals surface area contributed by atoms with Crippen LogP contribution in [0.25, 0.3) is 0 Å². The van der Waals surface area contributed by atoms with Gasteiger partial charge < -0.3 is 10.2 Å². The van der Waals surface area contributed by atoms with Gasteiger partial charge in [0.25, 0.3) is 0 Å². The third kappa shape index (κ3) is 3.53. The van der Waals surface area contributed by atoms with E-state index in [4.69, 9.17) is 0 Å². The van der Waals surface area contributed by atoms with Crippen molar-refractivity contribution in [2.24, 2.45) is 0 Å². The van der Waals surface area contributed by atoms with Crippen LogP contribution >= 0.6 is 0 Å². The smallest absolute Gasteiger partial charge is 0.241 e. The average molecular weight is 208 g/mol. The van der Waals surface area contributed by atoms with Crippen LogP contribution < -0.4 is 5.32 Å². The topological polar surface area (TPSA) is 58.1 Å². The highest BCUT2D eigenvalue weighted by Crippen LogP contribution is 1.98. The van der Waals surface area contributed by atoms with Crippen molar-refractivity contribution in [3.05, 3.63) is 18.0 Å². The van der Waals surface area contributed by atoms with E-state index in [0.29, 0.717) is 12.5 Å². The summed E-state index contributed by atoms with van der Waals surface area (Å²) in [5.74, 6) is 0.524. The van der Waals surface area contributed by atoms with Crippen molar-refractivity contribution in [1.82, 2.24) is 14.9 Å². The zero-order valence-electron chi connectivity index (χ0n) is 9.32. The fourth-order valence-electron chi connectivity index (χ4n) is 1.00. The van der Waals surface area contributed by atoms with Gasteiger partial charge in [-0.25, -0.2) is 9.97 Å². The molecule has 0 saturated heterocycles. The minimum Gasteiger partial charge on any atom is -0.345 e. The Labute approximate surface area is 89.5 Å². The largest absolute Gasteiger partial charge is 0.345 e. The highest BCUT2D eigenvalue weighted by molar-refractivity contribution is 5.80. The molecular formula is C10H16N4O. The van der Waals surface area contributed by atoms with Crippen LogP contribution in [0.15, 0.2) is 12.3 Å². The van der Waals surface area contributed by atoms with Crippen LogP contribution in [0.3, 0.4) is 0 Å². The van der Waals surface area contributed by atoms with Crippen molar-refractivity contribution in [1.29, 1.82) is 0 Å². The van der Waals surface area contributed by atoms with E-state index in [-0.39, 0.29) is 12.5 Å². The molecule has 1 amide bonds. The molecule has 0 spiro atoms. The van der Waals surface area contributed by atoms with Gasteiger partial charge in [-0.15, -0.1) is 0 Å². The molecule has 5 heteroatoms. The van der Waals surface area contributed by atoms with Gasteiger partial charge in [0.15, 0.2) is 0 Å². The maximum Gasteiger partial charge on any atom is 0.241 e. The standard InChI is InChI=1S/C10H16N4O/c1-4-14(3)9(15)7-12-10-11-6-5-8(2)13-10/h5-6H,4,7H2,1-3H3,(H,11,12,13). The number of carbonyl (C=O) groups is 1.